The minimum Gasteiger partial charge on any atom is -0.466 e. The maximum Gasteiger partial charge on any atom is 0.302 e. The zero-order valence-corrected chi connectivity index (χ0v) is 10.3. The Labute approximate surface area is 102 Å². The van der Waals surface area contributed by atoms with Crippen molar-refractivity contribution in [3.63, 3.8) is 0 Å². The monoisotopic (exact) mass is 236 g/mol. The number of benzene rings is 1. The molecule has 3 heteroatoms. The molecule has 0 saturated carbocycles. The third-order valence-electron chi connectivity index (χ3n) is 2.74. The molecule has 3 nitrogen and oxygen atoms in total. The van der Waals surface area contributed by atoms with E-state index < -0.39 is 0 Å². The SMILES string of the molecule is CC(=O)OCCCCC(CO)c1ccccc1. The molecule has 0 amide bonds. The van der Waals surface area contributed by atoms with Gasteiger partial charge in [-0.3, -0.25) is 4.79 Å². The van der Waals surface area contributed by atoms with Gasteiger partial charge in [0.2, 0.25) is 0 Å². The number of aliphatic hydroxyl groups is 1. The van der Waals surface area contributed by atoms with Gasteiger partial charge < -0.3 is 9.84 Å². The minimum absolute atomic E-state index is 0.164. The Kier molecular flexibility index (Phi) is 6.33. The van der Waals surface area contributed by atoms with Crippen LogP contribution in [0, 0.1) is 0 Å². The molecule has 0 spiro atoms. The van der Waals surface area contributed by atoms with Crippen molar-refractivity contribution in [2.75, 3.05) is 13.2 Å². The van der Waals surface area contributed by atoms with Crippen LogP contribution in [0.2, 0.25) is 0 Å². The van der Waals surface area contributed by atoms with Crippen molar-refractivity contribution in [2.45, 2.75) is 32.1 Å². The normalized spacial score (nSPS) is 12.1. The maximum atomic E-state index is 10.6. The fourth-order valence-electron chi connectivity index (χ4n) is 1.80. The lowest BCUT2D eigenvalue weighted by molar-refractivity contribution is -0.141. The summed E-state index contributed by atoms with van der Waals surface area (Å²) in [6.45, 7) is 2.06. The van der Waals surface area contributed by atoms with Crippen LogP contribution in [0.15, 0.2) is 30.3 Å². The van der Waals surface area contributed by atoms with Crippen LogP contribution in [0.5, 0.6) is 0 Å². The van der Waals surface area contributed by atoms with Gasteiger partial charge in [-0.15, -0.1) is 0 Å². The topological polar surface area (TPSA) is 46.5 Å². The summed E-state index contributed by atoms with van der Waals surface area (Å²) in [5.74, 6) is -0.0414. The van der Waals surface area contributed by atoms with E-state index in [-0.39, 0.29) is 18.5 Å². The molecule has 0 aliphatic heterocycles. The van der Waals surface area contributed by atoms with Crippen molar-refractivity contribution in [2.24, 2.45) is 0 Å². The quantitative estimate of drug-likeness (QED) is 0.584. The van der Waals surface area contributed by atoms with E-state index in [1.165, 1.54) is 12.5 Å². The molecule has 1 rings (SSSR count). The van der Waals surface area contributed by atoms with Crippen LogP contribution in [0.3, 0.4) is 0 Å². The Hall–Kier alpha value is -1.35. The molecular formula is C14H20O3. The number of unbranched alkanes of at least 4 members (excludes halogenated alkanes) is 1. The lowest BCUT2D eigenvalue weighted by Crippen LogP contribution is -2.05. The lowest BCUT2D eigenvalue weighted by atomic mass is 9.94. The van der Waals surface area contributed by atoms with Crippen molar-refractivity contribution in [3.05, 3.63) is 35.9 Å². The summed E-state index contributed by atoms with van der Waals surface area (Å²) < 4.78 is 4.86. The van der Waals surface area contributed by atoms with Crippen LogP contribution in [-0.4, -0.2) is 24.3 Å². The number of carbonyl (C=O) groups excluding carboxylic acids is 1. The van der Waals surface area contributed by atoms with Crippen LogP contribution in [0.25, 0.3) is 0 Å². The molecule has 1 aromatic carbocycles. The molecule has 0 radical (unpaired) electrons. The van der Waals surface area contributed by atoms with Gasteiger partial charge in [-0.05, 0) is 24.8 Å². The van der Waals surface area contributed by atoms with E-state index in [0.717, 1.165) is 19.3 Å². The van der Waals surface area contributed by atoms with E-state index in [1.54, 1.807) is 0 Å². The van der Waals surface area contributed by atoms with Gasteiger partial charge in [-0.1, -0.05) is 30.3 Å². The Bertz CT molecular complexity index is 321. The molecule has 1 unspecified atom stereocenters. The molecule has 0 aliphatic rings. The Morgan fingerprint density at radius 3 is 2.59 bits per heavy atom. The van der Waals surface area contributed by atoms with Gasteiger partial charge >= 0.3 is 5.97 Å². The fourth-order valence-corrected chi connectivity index (χ4v) is 1.80. The molecule has 1 N–H and O–H groups in total. The van der Waals surface area contributed by atoms with Gasteiger partial charge in [0.25, 0.3) is 0 Å². The van der Waals surface area contributed by atoms with Crippen molar-refractivity contribution < 1.29 is 14.6 Å². The molecular weight excluding hydrogens is 216 g/mol. The highest BCUT2D eigenvalue weighted by atomic mass is 16.5. The molecule has 0 saturated heterocycles. The van der Waals surface area contributed by atoms with Crippen molar-refractivity contribution in [3.8, 4) is 0 Å². The Morgan fingerprint density at radius 2 is 2.00 bits per heavy atom. The van der Waals surface area contributed by atoms with Crippen molar-refractivity contribution in [1.82, 2.24) is 0 Å². The van der Waals surface area contributed by atoms with E-state index in [0.29, 0.717) is 6.61 Å². The average molecular weight is 236 g/mol. The second-order valence-corrected chi connectivity index (χ2v) is 4.13. The van der Waals surface area contributed by atoms with Crippen LogP contribution >= 0.6 is 0 Å². The van der Waals surface area contributed by atoms with Gasteiger partial charge in [0.15, 0.2) is 0 Å². The number of ether oxygens (including phenoxy) is 1. The van der Waals surface area contributed by atoms with Crippen molar-refractivity contribution >= 4 is 5.97 Å². The van der Waals surface area contributed by atoms with Gasteiger partial charge in [-0.2, -0.15) is 0 Å². The molecule has 0 aromatic heterocycles. The first-order chi connectivity index (χ1) is 8.24. The number of hydrogen-bond donors (Lipinski definition) is 1. The maximum absolute atomic E-state index is 10.6. The summed E-state index contributed by atoms with van der Waals surface area (Å²) in [6, 6.07) is 10.0. The van der Waals surface area contributed by atoms with E-state index in [2.05, 4.69) is 0 Å². The van der Waals surface area contributed by atoms with E-state index in [9.17, 15) is 9.90 Å². The molecule has 17 heavy (non-hydrogen) atoms. The largest absolute Gasteiger partial charge is 0.466 e. The van der Waals surface area contributed by atoms with Gasteiger partial charge in [0.05, 0.1) is 6.61 Å². The smallest absolute Gasteiger partial charge is 0.302 e. The molecule has 1 atom stereocenters. The van der Waals surface area contributed by atoms with Crippen LogP contribution in [-0.2, 0) is 9.53 Å². The number of esters is 1. The van der Waals surface area contributed by atoms with E-state index in [4.69, 9.17) is 4.74 Å². The minimum atomic E-state index is -0.230. The molecule has 0 heterocycles. The molecule has 0 bridgehead atoms. The Morgan fingerprint density at radius 1 is 1.29 bits per heavy atom. The summed E-state index contributed by atoms with van der Waals surface area (Å²) in [5.41, 5.74) is 1.17. The first-order valence-electron chi connectivity index (χ1n) is 6.03. The van der Waals surface area contributed by atoms with E-state index in [1.807, 2.05) is 30.3 Å². The van der Waals surface area contributed by atoms with Gasteiger partial charge in [0, 0.05) is 19.4 Å². The van der Waals surface area contributed by atoms with Crippen LogP contribution in [0.4, 0.5) is 0 Å². The van der Waals surface area contributed by atoms with Crippen LogP contribution in [0.1, 0.15) is 37.7 Å². The average Bonchev–Trinajstić information content (AvgIpc) is 2.34. The third kappa shape index (κ3) is 5.50. The van der Waals surface area contributed by atoms with Crippen LogP contribution < -0.4 is 0 Å². The summed E-state index contributed by atoms with van der Waals surface area (Å²) in [7, 11) is 0. The second-order valence-electron chi connectivity index (χ2n) is 4.13. The second kappa shape index (κ2) is 7.85. The zero-order chi connectivity index (χ0) is 12.5. The Balaban J connectivity index is 2.26. The molecule has 1 aromatic rings. The highest BCUT2D eigenvalue weighted by Gasteiger charge is 2.09. The lowest BCUT2D eigenvalue weighted by Gasteiger charge is -2.14. The molecule has 94 valence electrons. The first-order valence-corrected chi connectivity index (χ1v) is 6.03. The fraction of sp³-hybridized carbons (Fsp3) is 0.500. The predicted molar refractivity (Wildman–Crippen MR) is 66.8 cm³/mol. The molecule has 0 aliphatic carbocycles. The van der Waals surface area contributed by atoms with E-state index >= 15 is 0 Å². The summed E-state index contributed by atoms with van der Waals surface area (Å²) in [4.78, 5) is 10.6. The molecule has 0 fully saturated rings. The standard InChI is InChI=1S/C14H20O3/c1-12(16)17-10-6-5-9-14(11-15)13-7-3-2-4-8-13/h2-4,7-8,14-15H,5-6,9-11H2,1H3. The first kappa shape index (κ1) is 13.7. The summed E-state index contributed by atoms with van der Waals surface area (Å²) in [6.07, 6.45) is 2.72. The van der Waals surface area contributed by atoms with Gasteiger partial charge in [0.1, 0.15) is 0 Å². The van der Waals surface area contributed by atoms with Crippen molar-refractivity contribution in [1.29, 1.82) is 0 Å². The number of hydrogen-bond acceptors (Lipinski definition) is 3. The number of carbonyl (C=O) groups is 1. The number of rotatable bonds is 7. The number of aliphatic hydroxyl groups excluding tert-OH is 1. The highest BCUT2D eigenvalue weighted by Crippen LogP contribution is 2.21. The summed E-state index contributed by atoms with van der Waals surface area (Å²) in [5, 5.41) is 9.34. The summed E-state index contributed by atoms with van der Waals surface area (Å²) >= 11 is 0. The highest BCUT2D eigenvalue weighted by molar-refractivity contribution is 5.65. The van der Waals surface area contributed by atoms with Gasteiger partial charge in [-0.25, -0.2) is 0 Å². The zero-order valence-electron chi connectivity index (χ0n) is 10.3. The predicted octanol–water partition coefficient (Wildman–Crippen LogP) is 2.50. The third-order valence-corrected chi connectivity index (χ3v) is 2.74.